The Morgan fingerprint density at radius 1 is 1.06 bits per heavy atom. The highest BCUT2D eigenvalue weighted by Crippen LogP contribution is 2.01. The zero-order valence-corrected chi connectivity index (χ0v) is 11.9. The third kappa shape index (κ3) is 10.7. The molecule has 0 aromatic carbocycles. The van der Waals surface area contributed by atoms with E-state index in [4.69, 9.17) is 14.2 Å². The Morgan fingerprint density at radius 2 is 1.61 bits per heavy atom. The molecule has 18 heavy (non-hydrogen) atoms. The van der Waals surface area contributed by atoms with Crippen molar-refractivity contribution in [3.8, 4) is 0 Å². The van der Waals surface area contributed by atoms with E-state index in [0.717, 1.165) is 13.0 Å². The highest BCUT2D eigenvalue weighted by molar-refractivity contribution is 5.81. The molecule has 0 aromatic heterocycles. The van der Waals surface area contributed by atoms with Crippen LogP contribution in [0.15, 0.2) is 0 Å². The van der Waals surface area contributed by atoms with Gasteiger partial charge in [0.25, 0.3) is 0 Å². The molecule has 0 aromatic rings. The summed E-state index contributed by atoms with van der Waals surface area (Å²) >= 11 is 0. The predicted octanol–water partition coefficient (Wildman–Crippen LogP) is 0.871. The second kappa shape index (κ2) is 13.0. The number of carbonyl (C=O) groups is 1. The number of likely N-dealkylation sites (N-methyl/N-ethyl adjacent to an activating group) is 1. The molecule has 1 unspecified atom stereocenters. The van der Waals surface area contributed by atoms with Crippen molar-refractivity contribution in [2.45, 2.75) is 20.3 Å². The maximum atomic E-state index is 11.4. The Kier molecular flexibility index (Phi) is 12.6. The molecule has 0 aliphatic heterocycles. The molecule has 0 rings (SSSR count). The normalized spacial score (nSPS) is 12.6. The van der Waals surface area contributed by atoms with Gasteiger partial charge in [-0.2, -0.15) is 0 Å². The number of ether oxygens (including phenoxy) is 3. The summed E-state index contributed by atoms with van der Waals surface area (Å²) in [6, 6.07) is 0. The van der Waals surface area contributed by atoms with Crippen LogP contribution in [0, 0.1) is 5.92 Å². The first-order chi connectivity index (χ1) is 8.72. The van der Waals surface area contributed by atoms with Crippen LogP contribution in [-0.2, 0) is 19.0 Å². The summed E-state index contributed by atoms with van der Waals surface area (Å²) in [5.41, 5.74) is 0. The second-order valence-corrected chi connectivity index (χ2v) is 4.16. The Balaban J connectivity index is 3.14. The van der Waals surface area contributed by atoms with Crippen molar-refractivity contribution in [1.82, 2.24) is 5.32 Å². The van der Waals surface area contributed by atoms with Gasteiger partial charge in [-0.05, 0) is 13.5 Å². The average Bonchev–Trinajstić information content (AvgIpc) is 2.39. The fraction of sp³-hybridized carbons (Fsp3) is 0.923. The van der Waals surface area contributed by atoms with Crippen LogP contribution in [0.4, 0.5) is 0 Å². The summed E-state index contributed by atoms with van der Waals surface area (Å²) in [7, 11) is 1.89. The highest BCUT2D eigenvalue weighted by atomic mass is 16.5. The fourth-order valence-corrected chi connectivity index (χ4v) is 1.16. The zero-order chi connectivity index (χ0) is 13.6. The molecule has 5 nitrogen and oxygen atoms in total. The number of Topliss-reactive ketones (excluding diaryl/α,β-unsaturated/α-hetero) is 1. The van der Waals surface area contributed by atoms with Gasteiger partial charge in [-0.3, -0.25) is 4.79 Å². The first-order valence-corrected chi connectivity index (χ1v) is 6.62. The first kappa shape index (κ1) is 17.5. The average molecular weight is 261 g/mol. The van der Waals surface area contributed by atoms with Gasteiger partial charge in [0.15, 0.2) is 5.78 Å². The minimum atomic E-state index is 0.0893. The van der Waals surface area contributed by atoms with E-state index < -0.39 is 0 Å². The third-order valence-corrected chi connectivity index (χ3v) is 2.65. The number of hydrogen-bond donors (Lipinski definition) is 1. The van der Waals surface area contributed by atoms with E-state index in [-0.39, 0.29) is 18.3 Å². The molecule has 0 saturated carbocycles. The number of rotatable bonds is 13. The number of ketones is 1. The van der Waals surface area contributed by atoms with Crippen LogP contribution in [0.1, 0.15) is 20.3 Å². The molecular formula is C13H27NO4. The lowest BCUT2D eigenvalue weighted by Gasteiger charge is -2.08. The van der Waals surface area contributed by atoms with Crippen molar-refractivity contribution >= 4 is 5.78 Å². The smallest absolute Gasteiger partial charge is 0.161 e. The molecule has 0 amide bonds. The van der Waals surface area contributed by atoms with Crippen LogP contribution >= 0.6 is 0 Å². The van der Waals surface area contributed by atoms with Crippen molar-refractivity contribution < 1.29 is 19.0 Å². The molecule has 0 aliphatic carbocycles. The summed E-state index contributed by atoms with van der Waals surface area (Å²) in [4.78, 5) is 11.4. The van der Waals surface area contributed by atoms with Crippen LogP contribution < -0.4 is 5.32 Å². The standard InChI is InChI=1S/C13H27NO4/c1-4-12(2)13(15)11-18-10-9-17-8-7-16-6-5-14-3/h12,14H,4-11H2,1-3H3. The summed E-state index contributed by atoms with van der Waals surface area (Å²) in [6.07, 6.45) is 0.864. The summed E-state index contributed by atoms with van der Waals surface area (Å²) in [5.74, 6) is 0.249. The second-order valence-electron chi connectivity index (χ2n) is 4.16. The summed E-state index contributed by atoms with van der Waals surface area (Å²) < 4.78 is 15.8. The van der Waals surface area contributed by atoms with E-state index in [0.29, 0.717) is 33.0 Å². The minimum Gasteiger partial charge on any atom is -0.378 e. The lowest BCUT2D eigenvalue weighted by Crippen LogP contribution is -2.19. The van der Waals surface area contributed by atoms with E-state index in [9.17, 15) is 4.79 Å². The fourth-order valence-electron chi connectivity index (χ4n) is 1.16. The molecule has 0 radical (unpaired) electrons. The van der Waals surface area contributed by atoms with E-state index in [1.807, 2.05) is 20.9 Å². The Morgan fingerprint density at radius 3 is 2.17 bits per heavy atom. The van der Waals surface area contributed by atoms with Crippen LogP contribution in [0.2, 0.25) is 0 Å². The molecule has 0 heterocycles. The Labute approximate surface area is 110 Å². The largest absolute Gasteiger partial charge is 0.378 e. The lowest BCUT2D eigenvalue weighted by atomic mass is 10.1. The molecule has 0 bridgehead atoms. The van der Waals surface area contributed by atoms with Crippen LogP contribution in [0.5, 0.6) is 0 Å². The molecule has 108 valence electrons. The number of carbonyl (C=O) groups excluding carboxylic acids is 1. The van der Waals surface area contributed by atoms with Crippen molar-refractivity contribution in [1.29, 1.82) is 0 Å². The molecule has 1 N–H and O–H groups in total. The summed E-state index contributed by atoms with van der Waals surface area (Å²) in [5, 5.41) is 2.99. The van der Waals surface area contributed by atoms with E-state index in [1.165, 1.54) is 0 Å². The molecule has 1 atom stereocenters. The topological polar surface area (TPSA) is 56.8 Å². The maximum Gasteiger partial charge on any atom is 0.161 e. The van der Waals surface area contributed by atoms with Gasteiger partial charge in [0.2, 0.25) is 0 Å². The quantitative estimate of drug-likeness (QED) is 0.499. The lowest BCUT2D eigenvalue weighted by molar-refractivity contribution is -0.127. The molecule has 5 heteroatoms. The van der Waals surface area contributed by atoms with Crippen molar-refractivity contribution in [2.24, 2.45) is 5.92 Å². The SMILES string of the molecule is CCC(C)C(=O)COCCOCCOCCNC. The van der Waals surface area contributed by atoms with Gasteiger partial charge >= 0.3 is 0 Å². The molecular weight excluding hydrogens is 234 g/mol. The predicted molar refractivity (Wildman–Crippen MR) is 70.8 cm³/mol. The van der Waals surface area contributed by atoms with Gasteiger partial charge < -0.3 is 19.5 Å². The van der Waals surface area contributed by atoms with Gasteiger partial charge in [-0.15, -0.1) is 0 Å². The van der Waals surface area contributed by atoms with Crippen LogP contribution in [0.25, 0.3) is 0 Å². The molecule has 0 fully saturated rings. The zero-order valence-electron chi connectivity index (χ0n) is 11.9. The van der Waals surface area contributed by atoms with Gasteiger partial charge in [0.1, 0.15) is 6.61 Å². The van der Waals surface area contributed by atoms with Crippen molar-refractivity contribution in [3.05, 3.63) is 0 Å². The van der Waals surface area contributed by atoms with E-state index in [2.05, 4.69) is 5.32 Å². The van der Waals surface area contributed by atoms with Gasteiger partial charge in [-0.1, -0.05) is 13.8 Å². The molecule has 0 saturated heterocycles. The van der Waals surface area contributed by atoms with Gasteiger partial charge in [0.05, 0.1) is 33.0 Å². The summed E-state index contributed by atoms with van der Waals surface area (Å²) in [6.45, 7) is 7.77. The van der Waals surface area contributed by atoms with Crippen molar-refractivity contribution in [3.63, 3.8) is 0 Å². The first-order valence-electron chi connectivity index (χ1n) is 6.62. The monoisotopic (exact) mass is 261 g/mol. The molecule has 0 spiro atoms. The van der Waals surface area contributed by atoms with E-state index >= 15 is 0 Å². The van der Waals surface area contributed by atoms with Gasteiger partial charge in [0, 0.05) is 12.5 Å². The third-order valence-electron chi connectivity index (χ3n) is 2.65. The Hall–Kier alpha value is -0.490. The van der Waals surface area contributed by atoms with Crippen LogP contribution in [0.3, 0.4) is 0 Å². The van der Waals surface area contributed by atoms with Crippen molar-refractivity contribution in [2.75, 3.05) is 53.2 Å². The number of nitrogens with one attached hydrogen (secondary N) is 1. The molecule has 0 aliphatic rings. The Bertz CT molecular complexity index is 199. The van der Waals surface area contributed by atoms with Crippen LogP contribution in [-0.4, -0.2) is 59.0 Å². The minimum absolute atomic E-state index is 0.0893. The van der Waals surface area contributed by atoms with Gasteiger partial charge in [-0.25, -0.2) is 0 Å². The number of hydrogen-bond acceptors (Lipinski definition) is 5. The highest BCUT2D eigenvalue weighted by Gasteiger charge is 2.09. The van der Waals surface area contributed by atoms with E-state index in [1.54, 1.807) is 0 Å². The maximum absolute atomic E-state index is 11.4.